The minimum absolute atomic E-state index is 0.0223. The summed E-state index contributed by atoms with van der Waals surface area (Å²) in [6, 6.07) is 7.50. The van der Waals surface area contributed by atoms with Crippen molar-refractivity contribution >= 4 is 23.8 Å². The molecule has 11 nitrogen and oxygen atoms in total. The highest BCUT2D eigenvalue weighted by Gasteiger charge is 2.44. The Kier molecular flexibility index (Phi) is 17.0. The number of likely N-dealkylation sites (N-methyl/N-ethyl adjacent to an activating group) is 1. The van der Waals surface area contributed by atoms with E-state index in [-0.39, 0.29) is 48.6 Å². The molecule has 0 bridgehead atoms. The highest BCUT2D eigenvalue weighted by Crippen LogP contribution is 2.30. The van der Waals surface area contributed by atoms with Crippen LogP contribution < -0.4 is 10.6 Å². The molecule has 1 aromatic carbocycles. The maximum atomic E-state index is 14.6. The van der Waals surface area contributed by atoms with Crippen molar-refractivity contribution in [2.45, 2.75) is 135 Å². The Hall–Kier alpha value is -3.60. The van der Waals surface area contributed by atoms with Crippen LogP contribution in [0.25, 0.3) is 0 Å². The van der Waals surface area contributed by atoms with Crippen molar-refractivity contribution in [1.29, 1.82) is 0 Å². The first-order valence-electron chi connectivity index (χ1n) is 20.6. The lowest BCUT2D eigenvalue weighted by atomic mass is 9.81. The number of urea groups is 1. The number of piperazine rings is 1. The number of amides is 5. The molecule has 2 aliphatic heterocycles. The number of unbranched alkanes of at least 4 members (excludes halogenated alkanes) is 2. The largest absolute Gasteiger partial charge is 0.391 e. The van der Waals surface area contributed by atoms with Crippen molar-refractivity contribution in [3.05, 3.63) is 48.3 Å². The second kappa shape index (κ2) is 21.3. The molecule has 1 aliphatic carbocycles. The second-order valence-electron chi connectivity index (χ2n) is 16.0. The van der Waals surface area contributed by atoms with Gasteiger partial charge in [-0.05, 0) is 43.1 Å². The number of hydrogen-bond acceptors (Lipinski definition) is 6. The number of carbonyl (C=O) groups excluding carboxylic acids is 4. The van der Waals surface area contributed by atoms with Gasteiger partial charge in [-0.25, -0.2) is 4.79 Å². The predicted octanol–water partition coefficient (Wildman–Crippen LogP) is 5.53. The second-order valence-corrected chi connectivity index (χ2v) is 16.0. The van der Waals surface area contributed by atoms with Gasteiger partial charge in [0.2, 0.25) is 17.7 Å². The molecule has 4 rings (SSSR count). The molecule has 0 aromatic heterocycles. The number of benzene rings is 1. The summed E-state index contributed by atoms with van der Waals surface area (Å²) in [6.45, 7) is 10.6. The summed E-state index contributed by atoms with van der Waals surface area (Å²) in [6.07, 6.45) is 13.6. The van der Waals surface area contributed by atoms with Gasteiger partial charge >= 0.3 is 6.03 Å². The van der Waals surface area contributed by atoms with Crippen LogP contribution in [-0.2, 0) is 20.8 Å². The fourth-order valence-electron chi connectivity index (χ4n) is 8.14. The Morgan fingerprint density at radius 3 is 2.26 bits per heavy atom. The topological polar surface area (TPSA) is 126 Å². The zero-order valence-corrected chi connectivity index (χ0v) is 33.2. The van der Waals surface area contributed by atoms with E-state index < -0.39 is 24.2 Å². The van der Waals surface area contributed by atoms with Gasteiger partial charge in [0, 0.05) is 64.5 Å². The van der Waals surface area contributed by atoms with Crippen LogP contribution in [0.3, 0.4) is 0 Å². The van der Waals surface area contributed by atoms with Crippen LogP contribution in [-0.4, -0.2) is 112 Å². The Morgan fingerprint density at radius 1 is 0.906 bits per heavy atom. The normalized spacial score (nSPS) is 20.7. The Labute approximate surface area is 318 Å². The van der Waals surface area contributed by atoms with E-state index in [1.807, 2.05) is 62.3 Å². The summed E-state index contributed by atoms with van der Waals surface area (Å²) >= 11 is 0. The van der Waals surface area contributed by atoms with Crippen LogP contribution in [0.2, 0.25) is 0 Å². The molecule has 11 heteroatoms. The standard InChI is InChI=1S/C42H68N6O5/c1-6-8-20-36(40(51)44-35(28-32-16-12-10-13-17-32)38(49)30-34(31(3)4)39(50)43-21-9-7-2)47-26-27-48(42(53)46-24-22-45(5)23-25-46)37(41(47)52)29-33-18-14-11-15-19-33/h11,14-15,18-19,22,24,31-32,34-38,49H,6-10,12-13,16-17,20-21,23,25-30H2,1-5H3,(H,43,50)(H,44,51)/t34-,35-,36-,37+,38-/m0/s1. The summed E-state index contributed by atoms with van der Waals surface area (Å²) in [5.74, 6) is -0.524. The number of carbonyl (C=O) groups is 4. The summed E-state index contributed by atoms with van der Waals surface area (Å²) in [7, 11) is 1.97. The van der Waals surface area contributed by atoms with E-state index in [4.69, 9.17) is 0 Å². The van der Waals surface area contributed by atoms with E-state index in [9.17, 15) is 24.3 Å². The van der Waals surface area contributed by atoms with E-state index in [1.54, 1.807) is 20.9 Å². The van der Waals surface area contributed by atoms with Crippen LogP contribution >= 0.6 is 0 Å². The van der Waals surface area contributed by atoms with Gasteiger partial charge in [-0.15, -0.1) is 0 Å². The lowest BCUT2D eigenvalue weighted by Crippen LogP contribution is -2.65. The van der Waals surface area contributed by atoms with Gasteiger partial charge in [-0.1, -0.05) is 109 Å². The molecule has 3 aliphatic rings. The lowest BCUT2D eigenvalue weighted by molar-refractivity contribution is -0.149. The first kappa shape index (κ1) is 42.1. The maximum absolute atomic E-state index is 14.6. The molecule has 5 amide bonds. The predicted molar refractivity (Wildman–Crippen MR) is 210 cm³/mol. The molecule has 1 saturated carbocycles. The Morgan fingerprint density at radius 2 is 1.62 bits per heavy atom. The smallest absolute Gasteiger partial charge is 0.324 e. The molecule has 5 atom stereocenters. The molecule has 0 unspecified atom stereocenters. The van der Waals surface area contributed by atoms with Crippen molar-refractivity contribution in [1.82, 2.24) is 30.2 Å². The molecule has 3 N–H and O–H groups in total. The Balaban J connectivity index is 1.58. The van der Waals surface area contributed by atoms with Crippen molar-refractivity contribution < 1.29 is 24.3 Å². The van der Waals surface area contributed by atoms with Crippen LogP contribution in [0, 0.1) is 17.8 Å². The summed E-state index contributed by atoms with van der Waals surface area (Å²) < 4.78 is 0. The van der Waals surface area contributed by atoms with Gasteiger partial charge in [0.05, 0.1) is 12.1 Å². The summed E-state index contributed by atoms with van der Waals surface area (Å²) in [5.41, 5.74) is 0.947. The number of nitrogens with one attached hydrogen (secondary N) is 2. The van der Waals surface area contributed by atoms with Gasteiger partial charge < -0.3 is 30.4 Å². The number of aliphatic hydroxyl groups is 1. The van der Waals surface area contributed by atoms with Crippen LogP contribution in [0.15, 0.2) is 42.7 Å². The number of aliphatic hydroxyl groups excluding tert-OH is 1. The number of nitrogens with zero attached hydrogens (tertiary/aromatic N) is 4. The quantitative estimate of drug-likeness (QED) is 0.170. The van der Waals surface area contributed by atoms with Gasteiger partial charge in [0.25, 0.3) is 0 Å². The Bertz CT molecular complexity index is 1330. The molecular formula is C42H68N6O5. The average molecular weight is 737 g/mol. The van der Waals surface area contributed by atoms with Crippen molar-refractivity contribution in [3.63, 3.8) is 0 Å². The SMILES string of the molecule is CCCCNC(=O)[C@@H](C[C@H](O)[C@H](CC1CCCCC1)NC(=O)[C@H](CCCC)N1CCN(C(=O)N2C=CN(C)CC2)[C@H](Cc2ccccc2)C1=O)C(C)C. The van der Waals surface area contributed by atoms with Gasteiger partial charge in [-0.3, -0.25) is 19.3 Å². The van der Waals surface area contributed by atoms with Crippen LogP contribution in [0.1, 0.15) is 110 Å². The third-order valence-corrected chi connectivity index (χ3v) is 11.6. The minimum atomic E-state index is -0.912. The lowest BCUT2D eigenvalue weighted by Gasteiger charge is -2.45. The van der Waals surface area contributed by atoms with Crippen molar-refractivity contribution in [2.24, 2.45) is 17.8 Å². The van der Waals surface area contributed by atoms with Crippen LogP contribution in [0.4, 0.5) is 4.79 Å². The zero-order chi connectivity index (χ0) is 38.3. The van der Waals surface area contributed by atoms with E-state index in [2.05, 4.69) is 24.5 Å². The fraction of sp³-hybridized carbons (Fsp3) is 0.714. The molecule has 53 heavy (non-hydrogen) atoms. The monoisotopic (exact) mass is 737 g/mol. The van der Waals surface area contributed by atoms with Crippen molar-refractivity contribution in [2.75, 3.05) is 39.8 Å². The summed E-state index contributed by atoms with van der Waals surface area (Å²) in [5, 5.41) is 18.2. The first-order valence-corrected chi connectivity index (χ1v) is 20.6. The molecule has 1 aromatic rings. The summed E-state index contributed by atoms with van der Waals surface area (Å²) in [4.78, 5) is 63.5. The number of rotatable bonds is 18. The molecule has 0 spiro atoms. The first-order chi connectivity index (χ1) is 25.5. The van der Waals surface area contributed by atoms with E-state index >= 15 is 0 Å². The van der Waals surface area contributed by atoms with E-state index in [0.717, 1.165) is 56.9 Å². The maximum Gasteiger partial charge on any atom is 0.324 e. The van der Waals surface area contributed by atoms with Crippen molar-refractivity contribution in [3.8, 4) is 0 Å². The van der Waals surface area contributed by atoms with Crippen LogP contribution in [0.5, 0.6) is 0 Å². The molecular weight excluding hydrogens is 668 g/mol. The third-order valence-electron chi connectivity index (χ3n) is 11.6. The average Bonchev–Trinajstić information content (AvgIpc) is 3.15. The molecule has 2 heterocycles. The highest BCUT2D eigenvalue weighted by molar-refractivity contribution is 5.93. The number of hydrogen-bond donors (Lipinski definition) is 3. The fourth-order valence-corrected chi connectivity index (χ4v) is 8.14. The minimum Gasteiger partial charge on any atom is -0.391 e. The molecule has 1 saturated heterocycles. The molecule has 2 fully saturated rings. The third kappa shape index (κ3) is 12.2. The molecule has 0 radical (unpaired) electrons. The van der Waals surface area contributed by atoms with Gasteiger partial charge in [-0.2, -0.15) is 0 Å². The van der Waals surface area contributed by atoms with Gasteiger partial charge in [0.15, 0.2) is 0 Å². The van der Waals surface area contributed by atoms with Gasteiger partial charge in [0.1, 0.15) is 12.1 Å². The van der Waals surface area contributed by atoms with E-state index in [0.29, 0.717) is 51.4 Å². The highest BCUT2D eigenvalue weighted by atomic mass is 16.3. The van der Waals surface area contributed by atoms with E-state index in [1.165, 1.54) is 6.42 Å². The molecule has 296 valence electrons. The zero-order valence-electron chi connectivity index (χ0n) is 33.2.